The van der Waals surface area contributed by atoms with Crippen LogP contribution in [-0.2, 0) is 11.2 Å². The molecule has 0 saturated heterocycles. The number of alkyl halides is 2. The third-order valence-electron chi connectivity index (χ3n) is 6.22. The number of carbonyl (C=O) groups excluding carboxylic acids is 1. The van der Waals surface area contributed by atoms with Crippen LogP contribution >= 0.6 is 0 Å². The van der Waals surface area contributed by atoms with Crippen LogP contribution in [-0.4, -0.2) is 31.5 Å². The number of rotatable bonds is 4. The molecule has 3 aliphatic rings. The summed E-state index contributed by atoms with van der Waals surface area (Å²) >= 11 is 0. The Morgan fingerprint density at radius 1 is 1.20 bits per heavy atom. The standard InChI is InChI=1S/C20H24F2O3/c1-24-15-4-6-19(7-5-15)11-14-2-3-16(8-17(14)18(19)23)25-12-13-9-20(21,22)10-13/h2-3,8,13,15H,4-7,9-12H2,1H3. The molecular formula is C20H24F2O3. The summed E-state index contributed by atoms with van der Waals surface area (Å²) in [4.78, 5) is 13.0. The molecule has 25 heavy (non-hydrogen) atoms. The van der Waals surface area contributed by atoms with Crippen LogP contribution in [0.15, 0.2) is 18.2 Å². The van der Waals surface area contributed by atoms with Gasteiger partial charge in [-0.25, -0.2) is 8.78 Å². The van der Waals surface area contributed by atoms with Crippen molar-refractivity contribution >= 4 is 5.78 Å². The van der Waals surface area contributed by atoms with Crippen LogP contribution in [0.5, 0.6) is 5.75 Å². The number of hydrogen-bond acceptors (Lipinski definition) is 3. The zero-order valence-corrected chi connectivity index (χ0v) is 14.5. The summed E-state index contributed by atoms with van der Waals surface area (Å²) in [7, 11) is 1.73. The van der Waals surface area contributed by atoms with Gasteiger partial charge in [0.2, 0.25) is 5.92 Å². The van der Waals surface area contributed by atoms with Crippen LogP contribution in [0.4, 0.5) is 8.78 Å². The van der Waals surface area contributed by atoms with Crippen molar-refractivity contribution in [1.82, 2.24) is 0 Å². The van der Waals surface area contributed by atoms with Crippen molar-refractivity contribution in [3.05, 3.63) is 29.3 Å². The molecule has 0 aliphatic heterocycles. The molecule has 0 unspecified atom stereocenters. The fraction of sp³-hybridized carbons (Fsp3) is 0.650. The molecule has 0 amide bonds. The highest BCUT2D eigenvalue weighted by Gasteiger charge is 2.48. The first-order chi connectivity index (χ1) is 11.9. The van der Waals surface area contributed by atoms with E-state index in [1.165, 1.54) is 0 Å². The van der Waals surface area contributed by atoms with Gasteiger partial charge >= 0.3 is 0 Å². The molecule has 0 bridgehead atoms. The molecule has 1 aromatic rings. The van der Waals surface area contributed by atoms with Crippen molar-refractivity contribution in [3.63, 3.8) is 0 Å². The maximum Gasteiger partial charge on any atom is 0.248 e. The van der Waals surface area contributed by atoms with Crippen LogP contribution in [0.25, 0.3) is 0 Å². The van der Waals surface area contributed by atoms with E-state index < -0.39 is 5.92 Å². The Hall–Kier alpha value is -1.49. The summed E-state index contributed by atoms with van der Waals surface area (Å²) in [5.74, 6) is -1.77. The molecule has 2 saturated carbocycles. The highest BCUT2D eigenvalue weighted by Crippen LogP contribution is 2.48. The summed E-state index contributed by atoms with van der Waals surface area (Å²) in [5.41, 5.74) is 1.57. The van der Waals surface area contributed by atoms with Crippen molar-refractivity contribution in [1.29, 1.82) is 0 Å². The van der Waals surface area contributed by atoms with Crippen molar-refractivity contribution in [3.8, 4) is 5.75 Å². The Balaban J connectivity index is 1.42. The summed E-state index contributed by atoms with van der Waals surface area (Å²) in [6.45, 7) is 0.295. The molecule has 0 heterocycles. The number of hydrogen-bond donors (Lipinski definition) is 0. The van der Waals surface area contributed by atoms with E-state index >= 15 is 0 Å². The molecule has 1 aromatic carbocycles. The number of methoxy groups -OCH3 is 1. The van der Waals surface area contributed by atoms with E-state index in [-0.39, 0.29) is 36.1 Å². The normalized spacial score (nSPS) is 27.2. The van der Waals surface area contributed by atoms with Gasteiger partial charge < -0.3 is 9.47 Å². The van der Waals surface area contributed by atoms with Gasteiger partial charge in [0.15, 0.2) is 5.78 Å². The second-order valence-electron chi connectivity index (χ2n) is 7.98. The number of benzene rings is 1. The molecule has 2 fully saturated rings. The molecule has 0 aromatic heterocycles. The number of ether oxygens (including phenoxy) is 2. The second-order valence-corrected chi connectivity index (χ2v) is 7.98. The smallest absolute Gasteiger partial charge is 0.248 e. The first-order valence-electron chi connectivity index (χ1n) is 9.12. The Labute approximate surface area is 146 Å². The SMILES string of the molecule is COC1CCC2(CC1)Cc1ccc(OCC3CC(F)(F)C3)cc1C2=O. The van der Waals surface area contributed by atoms with E-state index in [1.807, 2.05) is 18.2 Å². The van der Waals surface area contributed by atoms with Gasteiger partial charge in [0, 0.05) is 36.8 Å². The molecule has 3 aliphatic carbocycles. The van der Waals surface area contributed by atoms with Crippen molar-refractivity contribution in [2.45, 2.75) is 57.0 Å². The molecule has 136 valence electrons. The number of ketones is 1. The fourth-order valence-corrected chi connectivity index (χ4v) is 4.64. The molecule has 0 radical (unpaired) electrons. The largest absolute Gasteiger partial charge is 0.493 e. The predicted molar refractivity (Wildman–Crippen MR) is 89.3 cm³/mol. The van der Waals surface area contributed by atoms with E-state index in [0.29, 0.717) is 12.4 Å². The predicted octanol–water partition coefficient (Wildman–Crippen LogP) is 4.42. The average Bonchev–Trinajstić information content (AvgIpc) is 2.84. The van der Waals surface area contributed by atoms with Crippen molar-refractivity contribution < 1.29 is 23.0 Å². The third kappa shape index (κ3) is 3.07. The van der Waals surface area contributed by atoms with E-state index in [9.17, 15) is 13.6 Å². The Bertz CT molecular complexity index is 670. The average molecular weight is 350 g/mol. The lowest BCUT2D eigenvalue weighted by molar-refractivity contribution is -0.119. The number of Topliss-reactive ketones (excluding diaryl/α,β-unsaturated/α-hetero) is 1. The van der Waals surface area contributed by atoms with E-state index in [4.69, 9.17) is 9.47 Å². The van der Waals surface area contributed by atoms with Gasteiger partial charge in [-0.05, 0) is 49.8 Å². The quantitative estimate of drug-likeness (QED) is 0.806. The van der Waals surface area contributed by atoms with Gasteiger partial charge in [0.25, 0.3) is 0 Å². The minimum absolute atomic E-state index is 0.0883. The minimum atomic E-state index is -2.52. The van der Waals surface area contributed by atoms with E-state index in [2.05, 4.69) is 0 Å². The van der Waals surface area contributed by atoms with Gasteiger partial charge in [-0.3, -0.25) is 4.79 Å². The highest BCUT2D eigenvalue weighted by atomic mass is 19.3. The van der Waals surface area contributed by atoms with Gasteiger partial charge in [0.05, 0.1) is 12.7 Å². The highest BCUT2D eigenvalue weighted by molar-refractivity contribution is 6.05. The number of fused-ring (bicyclic) bond motifs is 1. The summed E-state index contributed by atoms with van der Waals surface area (Å²) in [6, 6.07) is 5.64. The van der Waals surface area contributed by atoms with Crippen LogP contribution in [0.1, 0.15) is 54.4 Å². The fourth-order valence-electron chi connectivity index (χ4n) is 4.64. The molecular weight excluding hydrogens is 326 g/mol. The molecule has 5 heteroatoms. The minimum Gasteiger partial charge on any atom is -0.493 e. The molecule has 4 rings (SSSR count). The van der Waals surface area contributed by atoms with Gasteiger partial charge in [-0.15, -0.1) is 0 Å². The topological polar surface area (TPSA) is 35.5 Å². The van der Waals surface area contributed by atoms with Crippen molar-refractivity contribution in [2.75, 3.05) is 13.7 Å². The van der Waals surface area contributed by atoms with Crippen LogP contribution in [0.3, 0.4) is 0 Å². The molecule has 3 nitrogen and oxygen atoms in total. The maximum absolute atomic E-state index is 13.0. The lowest BCUT2D eigenvalue weighted by Crippen LogP contribution is -2.38. The maximum atomic E-state index is 13.0. The Morgan fingerprint density at radius 2 is 1.92 bits per heavy atom. The molecule has 1 spiro atoms. The zero-order chi connectivity index (χ0) is 17.7. The first-order valence-corrected chi connectivity index (χ1v) is 9.12. The zero-order valence-electron chi connectivity index (χ0n) is 14.5. The summed E-state index contributed by atoms with van der Waals surface area (Å²) in [5, 5.41) is 0. The van der Waals surface area contributed by atoms with Gasteiger partial charge in [-0.2, -0.15) is 0 Å². The van der Waals surface area contributed by atoms with E-state index in [1.54, 1.807) is 7.11 Å². The lowest BCUT2D eigenvalue weighted by Gasteiger charge is -2.35. The third-order valence-corrected chi connectivity index (χ3v) is 6.22. The lowest BCUT2D eigenvalue weighted by atomic mass is 9.70. The first kappa shape index (κ1) is 17.0. The summed E-state index contributed by atoms with van der Waals surface area (Å²) in [6.07, 6.45) is 4.46. The molecule has 0 N–H and O–H groups in total. The summed E-state index contributed by atoms with van der Waals surface area (Å²) < 4.78 is 36.9. The van der Waals surface area contributed by atoms with Crippen LogP contribution in [0.2, 0.25) is 0 Å². The van der Waals surface area contributed by atoms with Gasteiger partial charge in [-0.1, -0.05) is 6.07 Å². The second kappa shape index (κ2) is 6.04. The van der Waals surface area contributed by atoms with Gasteiger partial charge in [0.1, 0.15) is 5.75 Å². The van der Waals surface area contributed by atoms with Crippen LogP contribution in [0, 0.1) is 11.3 Å². The van der Waals surface area contributed by atoms with E-state index in [0.717, 1.165) is 43.2 Å². The monoisotopic (exact) mass is 350 g/mol. The number of halogens is 2. The number of carbonyl (C=O) groups is 1. The molecule has 0 atom stereocenters. The Morgan fingerprint density at radius 3 is 2.56 bits per heavy atom. The van der Waals surface area contributed by atoms with Crippen LogP contribution < -0.4 is 4.74 Å². The van der Waals surface area contributed by atoms with Crippen molar-refractivity contribution in [2.24, 2.45) is 11.3 Å². The Kier molecular flexibility index (Phi) is 4.10.